The van der Waals surface area contributed by atoms with E-state index in [-0.39, 0.29) is 5.76 Å². The van der Waals surface area contributed by atoms with Gasteiger partial charge in [-0.1, -0.05) is 0 Å². The first-order valence-electron chi connectivity index (χ1n) is 1.74. The second-order valence-electron chi connectivity index (χ2n) is 1.03. The van der Waals surface area contributed by atoms with Gasteiger partial charge in [0.1, 0.15) is 0 Å². The van der Waals surface area contributed by atoms with Crippen LogP contribution in [0.5, 0.6) is 0 Å². The fourth-order valence-corrected chi connectivity index (χ4v) is 0.225. The maximum atomic E-state index is 9.85. The lowest BCUT2D eigenvalue weighted by atomic mass is 10.6. The predicted octanol–water partition coefficient (Wildman–Crippen LogP) is -0.194. The van der Waals surface area contributed by atoms with Gasteiger partial charge in [0.25, 0.3) is 5.76 Å². The Morgan fingerprint density at radius 1 is 1.75 bits per heavy atom. The third-order valence-corrected chi connectivity index (χ3v) is 0.529. The minimum atomic E-state index is -1.22. The SMILES string of the molecule is O=C(O)C1=COOO1. The molecule has 0 saturated carbocycles. The zero-order valence-corrected chi connectivity index (χ0v) is 3.66. The van der Waals surface area contributed by atoms with Crippen LogP contribution in [0.1, 0.15) is 0 Å². The monoisotopic (exact) mass is 118 g/mol. The van der Waals surface area contributed by atoms with Gasteiger partial charge in [0.15, 0.2) is 6.26 Å². The molecule has 5 heteroatoms. The Morgan fingerprint density at radius 2 is 2.50 bits per heavy atom. The molecule has 1 rings (SSSR count). The molecule has 0 aromatic heterocycles. The summed E-state index contributed by atoms with van der Waals surface area (Å²) in [5.41, 5.74) is 0. The largest absolute Gasteiger partial charge is 0.475 e. The van der Waals surface area contributed by atoms with Crippen molar-refractivity contribution in [3.63, 3.8) is 0 Å². The van der Waals surface area contributed by atoms with E-state index in [2.05, 4.69) is 14.8 Å². The van der Waals surface area contributed by atoms with Crippen molar-refractivity contribution in [1.82, 2.24) is 0 Å². The summed E-state index contributed by atoms with van der Waals surface area (Å²) in [6, 6.07) is 0. The molecule has 0 atom stereocenters. The molecule has 0 fully saturated rings. The molecule has 44 valence electrons. The van der Waals surface area contributed by atoms with Crippen LogP contribution in [0.25, 0.3) is 0 Å². The van der Waals surface area contributed by atoms with Gasteiger partial charge in [-0.15, -0.1) is 0 Å². The average Bonchev–Trinajstić information content (AvgIpc) is 2.12. The highest BCUT2D eigenvalue weighted by molar-refractivity contribution is 5.83. The van der Waals surface area contributed by atoms with E-state index >= 15 is 0 Å². The summed E-state index contributed by atoms with van der Waals surface area (Å²) in [7, 11) is 0. The molecule has 1 aliphatic rings. The van der Waals surface area contributed by atoms with E-state index < -0.39 is 5.97 Å². The maximum absolute atomic E-state index is 9.85. The molecule has 0 saturated heterocycles. The number of carboxylic acids is 1. The van der Waals surface area contributed by atoms with Crippen LogP contribution in [0.3, 0.4) is 0 Å². The van der Waals surface area contributed by atoms with E-state index in [1.807, 2.05) is 0 Å². The van der Waals surface area contributed by atoms with Crippen molar-refractivity contribution in [3.8, 4) is 0 Å². The van der Waals surface area contributed by atoms with Gasteiger partial charge in [-0.05, 0) is 0 Å². The van der Waals surface area contributed by atoms with Crippen molar-refractivity contribution in [2.24, 2.45) is 0 Å². The van der Waals surface area contributed by atoms with Crippen molar-refractivity contribution in [2.45, 2.75) is 0 Å². The van der Waals surface area contributed by atoms with Gasteiger partial charge < -0.3 is 9.99 Å². The van der Waals surface area contributed by atoms with Gasteiger partial charge in [-0.25, -0.2) is 4.79 Å². The summed E-state index contributed by atoms with van der Waals surface area (Å²) < 4.78 is 0. The molecule has 0 amide bonds. The fourth-order valence-electron chi connectivity index (χ4n) is 0.225. The minimum absolute atomic E-state index is 0.356. The zero-order valence-electron chi connectivity index (χ0n) is 3.66. The van der Waals surface area contributed by atoms with Crippen LogP contribution >= 0.6 is 0 Å². The number of rotatable bonds is 1. The Hall–Kier alpha value is -1.23. The maximum Gasteiger partial charge on any atom is 0.379 e. The normalized spacial score (nSPS) is 16.2. The second kappa shape index (κ2) is 1.71. The summed E-state index contributed by atoms with van der Waals surface area (Å²) in [6.07, 6.45) is 0.850. The van der Waals surface area contributed by atoms with Gasteiger partial charge in [0.05, 0.1) is 0 Å². The lowest BCUT2D eigenvalue weighted by molar-refractivity contribution is -0.444. The van der Waals surface area contributed by atoms with Crippen LogP contribution in [0.2, 0.25) is 0 Å². The molecule has 5 nitrogen and oxygen atoms in total. The third-order valence-electron chi connectivity index (χ3n) is 0.529. The van der Waals surface area contributed by atoms with Gasteiger partial charge >= 0.3 is 5.97 Å². The molecule has 0 bridgehead atoms. The molecule has 8 heavy (non-hydrogen) atoms. The summed E-state index contributed by atoms with van der Waals surface area (Å²) in [5, 5.41) is 11.8. The Bertz CT molecular complexity index is 137. The van der Waals surface area contributed by atoms with E-state index in [1.165, 1.54) is 0 Å². The molecule has 1 N–H and O–H groups in total. The first-order valence-corrected chi connectivity index (χ1v) is 1.74. The van der Waals surface area contributed by atoms with E-state index in [1.54, 1.807) is 0 Å². The van der Waals surface area contributed by atoms with Crippen LogP contribution < -0.4 is 0 Å². The topological polar surface area (TPSA) is 65.0 Å². The van der Waals surface area contributed by atoms with E-state index in [9.17, 15) is 4.79 Å². The van der Waals surface area contributed by atoms with E-state index in [4.69, 9.17) is 5.11 Å². The quantitative estimate of drug-likeness (QED) is 0.483. The summed E-state index contributed by atoms with van der Waals surface area (Å²) in [5.74, 6) is -1.58. The molecule has 1 heterocycles. The first-order chi connectivity index (χ1) is 3.80. The number of carboxylic acid groups (broad SMARTS) is 1. The Balaban J connectivity index is 2.57. The summed E-state index contributed by atoms with van der Waals surface area (Å²) in [4.78, 5) is 17.8. The standard InChI is InChI=1S/C3H2O5/c4-3(5)2-1-6-8-7-2/h1H,(H,4,5). The van der Waals surface area contributed by atoms with Crippen molar-refractivity contribution >= 4 is 5.97 Å². The summed E-state index contributed by atoms with van der Waals surface area (Å²) >= 11 is 0. The van der Waals surface area contributed by atoms with Gasteiger partial charge in [0.2, 0.25) is 0 Å². The molecule has 0 spiro atoms. The van der Waals surface area contributed by atoms with E-state index in [0.717, 1.165) is 6.26 Å². The number of hydrogen-bond acceptors (Lipinski definition) is 4. The molecule has 0 aliphatic carbocycles. The molecule has 0 unspecified atom stereocenters. The van der Waals surface area contributed by atoms with Gasteiger partial charge in [-0.3, -0.25) is 4.89 Å². The molecule has 1 aliphatic heterocycles. The van der Waals surface area contributed by atoms with Crippen LogP contribution in [0.4, 0.5) is 0 Å². The van der Waals surface area contributed by atoms with Crippen LogP contribution in [-0.4, -0.2) is 11.1 Å². The second-order valence-corrected chi connectivity index (χ2v) is 1.03. The highest BCUT2D eigenvalue weighted by atomic mass is 17.5. The molecular weight excluding hydrogens is 116 g/mol. The van der Waals surface area contributed by atoms with E-state index in [0.29, 0.717) is 0 Å². The lowest BCUT2D eigenvalue weighted by Crippen LogP contribution is -1.98. The average molecular weight is 118 g/mol. The van der Waals surface area contributed by atoms with Gasteiger partial charge in [-0.2, -0.15) is 0 Å². The Labute approximate surface area is 43.9 Å². The zero-order chi connectivity index (χ0) is 5.98. The van der Waals surface area contributed by atoms with Crippen molar-refractivity contribution in [3.05, 3.63) is 12.0 Å². The molecule has 0 radical (unpaired) electrons. The van der Waals surface area contributed by atoms with Gasteiger partial charge in [0, 0.05) is 5.04 Å². The highest BCUT2D eigenvalue weighted by Crippen LogP contribution is 2.06. The molecule has 0 aromatic carbocycles. The highest BCUT2D eigenvalue weighted by Gasteiger charge is 2.16. The lowest BCUT2D eigenvalue weighted by Gasteiger charge is -1.85. The molecule has 0 aromatic rings. The predicted molar refractivity (Wildman–Crippen MR) is 19.0 cm³/mol. The number of hydrogen-bond donors (Lipinski definition) is 1. The fraction of sp³-hybridized carbons (Fsp3) is 0. The van der Waals surface area contributed by atoms with Crippen molar-refractivity contribution in [1.29, 1.82) is 0 Å². The van der Waals surface area contributed by atoms with Crippen molar-refractivity contribution in [2.75, 3.05) is 0 Å². The Morgan fingerprint density at radius 3 is 2.75 bits per heavy atom. The molecular formula is C3H2O5. The van der Waals surface area contributed by atoms with Crippen molar-refractivity contribution < 1.29 is 24.7 Å². The Kier molecular flexibility index (Phi) is 1.05. The van der Waals surface area contributed by atoms with Crippen LogP contribution in [0, 0.1) is 0 Å². The number of aliphatic carboxylic acids is 1. The third kappa shape index (κ3) is 0.710. The smallest absolute Gasteiger partial charge is 0.379 e. The van der Waals surface area contributed by atoms with Crippen LogP contribution in [0.15, 0.2) is 12.0 Å². The first kappa shape index (κ1) is 4.92. The number of carbonyl (C=O) groups is 1. The minimum Gasteiger partial charge on any atom is -0.475 e. The summed E-state index contributed by atoms with van der Waals surface area (Å²) in [6.45, 7) is 0. The van der Waals surface area contributed by atoms with Crippen LogP contribution in [-0.2, 0) is 19.6 Å².